The van der Waals surface area contributed by atoms with Crippen LogP contribution in [0.15, 0.2) is 91.0 Å². The number of esters is 6. The van der Waals surface area contributed by atoms with Gasteiger partial charge < -0.3 is 194 Å². The summed E-state index contributed by atoms with van der Waals surface area (Å²) < 4.78 is 76.2. The van der Waals surface area contributed by atoms with Crippen LogP contribution >= 0.6 is 0 Å². The molecule has 4 aliphatic heterocycles. The Kier molecular flexibility index (Phi) is 54.8. The van der Waals surface area contributed by atoms with E-state index in [-0.39, 0.29) is 43.6 Å². The Hall–Kier alpha value is -8.32. The lowest BCUT2D eigenvalue weighted by molar-refractivity contribution is -0.326. The molecule has 4 heterocycles. The summed E-state index contributed by atoms with van der Waals surface area (Å²) in [6, 6.07) is 28.2. The largest absolute Gasteiger partial charge is 0.479 e. The molecule has 0 bridgehead atoms. The molecule has 4 fully saturated rings. The van der Waals surface area contributed by atoms with Gasteiger partial charge in [-0.1, -0.05) is 126 Å². The van der Waals surface area contributed by atoms with Gasteiger partial charge in [0.1, 0.15) is 172 Å². The molecule has 0 unspecified atom stereocenters. The molecular weight excluding hydrogens is 1890 g/mol. The number of hydrogen-bond acceptors (Lipinski definition) is 48. The van der Waals surface area contributed by atoms with Crippen molar-refractivity contribution >= 4 is 59.1 Å². The van der Waals surface area contributed by atoms with E-state index >= 15 is 0 Å². The van der Waals surface area contributed by atoms with E-state index in [1.165, 1.54) is 13.8 Å². The molecule has 4 aliphatic rings. The normalized spacial score (nSPS) is 28.6. The van der Waals surface area contributed by atoms with Crippen LogP contribution in [0, 0.1) is 29.6 Å². The van der Waals surface area contributed by atoms with Gasteiger partial charge in [-0.05, 0) is 53.7 Å². The highest BCUT2D eigenvalue weighted by molar-refractivity contribution is 5.87. The van der Waals surface area contributed by atoms with Gasteiger partial charge in [0.15, 0.2) is 66.9 Å². The summed E-state index contributed by atoms with van der Waals surface area (Å²) in [5.74, 6) is -10.2. The molecule has 3 aromatic rings. The van der Waals surface area contributed by atoms with Crippen molar-refractivity contribution in [3.63, 3.8) is 0 Å². The Labute approximate surface area is 811 Å². The lowest BCUT2D eigenvalue weighted by atomic mass is 9.84. The Morgan fingerprint density at radius 2 is 0.652 bits per heavy atom. The molecule has 49 nitrogen and oxygen atoms in total. The minimum Gasteiger partial charge on any atom is -0.479 e. The molecule has 25 N–H and O–H groups in total. The van der Waals surface area contributed by atoms with E-state index in [4.69, 9.17) is 81.6 Å². The Balaban J connectivity index is 0.000000407. The van der Waals surface area contributed by atoms with Gasteiger partial charge in [-0.25, -0.2) is 4.79 Å². The lowest BCUT2D eigenvalue weighted by Crippen LogP contribution is -2.61. The maximum absolute atomic E-state index is 14.0. The monoisotopic (exact) mass is 2030 g/mol. The number of aliphatic hydroxyl groups is 24. The van der Waals surface area contributed by atoms with Crippen LogP contribution in [0.25, 0.3) is 0 Å². The average molecular weight is 2030 g/mol. The first-order valence-electron chi connectivity index (χ1n) is 45.3. The van der Waals surface area contributed by atoms with E-state index in [1.807, 2.05) is 97.9 Å². The zero-order valence-corrected chi connectivity index (χ0v) is 79.6. The second kappa shape index (κ2) is 61.8. The second-order valence-electron chi connectivity index (χ2n) is 35.0. The van der Waals surface area contributed by atoms with Crippen LogP contribution in [-0.2, 0) is 134 Å². The predicted octanol–water partition coefficient (Wildman–Crippen LogP) is -8.44. The van der Waals surface area contributed by atoms with E-state index < -0.39 is 325 Å². The number of carboxylic acid groups (broad SMARTS) is 1. The summed E-state index contributed by atoms with van der Waals surface area (Å²) >= 11 is 0. The van der Waals surface area contributed by atoms with Crippen molar-refractivity contribution in [1.29, 1.82) is 0 Å². The van der Waals surface area contributed by atoms with E-state index in [0.717, 1.165) is 44.4 Å². The van der Waals surface area contributed by atoms with Crippen LogP contribution in [0.5, 0.6) is 0 Å². The molecule has 0 spiro atoms. The molecule has 802 valence electrons. The third-order valence-electron chi connectivity index (χ3n) is 23.1. The number of ether oxygens (including phenoxy) is 14. The summed E-state index contributed by atoms with van der Waals surface area (Å²) in [5, 5.41) is 244. The Morgan fingerprint density at radius 3 is 0.950 bits per heavy atom. The Morgan fingerprint density at radius 1 is 0.340 bits per heavy atom. The molecule has 7 rings (SSSR count). The fourth-order valence-corrected chi connectivity index (χ4v) is 15.5. The standard InChI is InChI=1S/C36H50O15.2C22H34O11.C12H22O12/c1-19(15-28-13-11-10-12-14-28)16-29(43)33(48-26(8)41)35(49-27(9)42)34(31(46-24(6)39)18-45-23(5)38)51-36-21(3)20(2)32(47-25(7)40)30(50-36)17-44-22(4)37;2*1-11(7-12-5-3-2-4-6-12)8-13(25)16(27)19(30)21(14(26)9-23)33-22-20(31)18(29)17(28)15(10-24)32-22;13-1-3(15)10(7(18)8(19)11(21)22)24-12-9(20)6(17)5(16)4(2-14)23-12/h10-14,19-21,30-36H,15-18H2,1-9H3;2*2-6,11,14-24,26-31H,7-10H2,1H3;3-10,12-20H,1-2H2,(H,21,22)/t19-,20+,21+,30+,31+,32+,33-,34+,35+,36-;2*11-,14+,15+,16-,17-,18-,19+,20+,21+,22-;3-,4-,5+,6+,7-,8-,9-,10-,12+/m0001/s1. The molecule has 0 radical (unpaired) electrons. The highest BCUT2D eigenvalue weighted by atomic mass is 16.8. The molecule has 4 saturated heterocycles. The Bertz CT molecular complexity index is 4070. The molecule has 0 saturated carbocycles. The third-order valence-corrected chi connectivity index (χ3v) is 23.1. The van der Waals surface area contributed by atoms with Crippen molar-refractivity contribution in [2.24, 2.45) is 29.6 Å². The fourth-order valence-electron chi connectivity index (χ4n) is 15.5. The van der Waals surface area contributed by atoms with Crippen LogP contribution in [0.4, 0.5) is 0 Å². The van der Waals surface area contributed by atoms with Crippen LogP contribution in [0.3, 0.4) is 0 Å². The third kappa shape index (κ3) is 39.2. The van der Waals surface area contributed by atoms with E-state index in [1.54, 1.807) is 27.7 Å². The van der Waals surface area contributed by atoms with Gasteiger partial charge in [0.05, 0.1) is 39.6 Å². The summed E-state index contributed by atoms with van der Waals surface area (Å²) in [7, 11) is 0. The zero-order chi connectivity index (χ0) is 106. The first kappa shape index (κ1) is 125. The van der Waals surface area contributed by atoms with Gasteiger partial charge >= 0.3 is 41.8 Å². The van der Waals surface area contributed by atoms with E-state index in [9.17, 15) is 160 Å². The van der Waals surface area contributed by atoms with Gasteiger partial charge in [0.2, 0.25) is 0 Å². The number of Topliss-reactive ketones (excluding diaryl/α,β-unsaturated/α-hetero) is 3. The summed E-state index contributed by atoms with van der Waals surface area (Å²) in [4.78, 5) is 123. The highest BCUT2D eigenvalue weighted by Gasteiger charge is 2.55. The maximum atomic E-state index is 14.0. The molecule has 141 heavy (non-hydrogen) atoms. The predicted molar refractivity (Wildman–Crippen MR) is 473 cm³/mol. The smallest absolute Gasteiger partial charge is 0.335 e. The summed E-state index contributed by atoms with van der Waals surface area (Å²) in [6.07, 6.45) is -57.5. The number of ketones is 3. The first-order valence-corrected chi connectivity index (χ1v) is 45.3. The maximum Gasteiger partial charge on any atom is 0.335 e. The molecule has 39 atom stereocenters. The van der Waals surface area contributed by atoms with Gasteiger partial charge in [0.25, 0.3) is 0 Å². The van der Waals surface area contributed by atoms with Gasteiger partial charge in [0, 0.05) is 72.6 Å². The van der Waals surface area contributed by atoms with Crippen molar-refractivity contribution in [3.05, 3.63) is 108 Å². The van der Waals surface area contributed by atoms with Crippen molar-refractivity contribution < 1.29 is 242 Å². The van der Waals surface area contributed by atoms with Gasteiger partial charge in [-0.2, -0.15) is 0 Å². The first-order chi connectivity index (χ1) is 66.2. The molecule has 49 heteroatoms. The molecular formula is C92H140O49. The van der Waals surface area contributed by atoms with Crippen LogP contribution < -0.4 is 0 Å². The average Bonchev–Trinajstić information content (AvgIpc) is 0.782. The summed E-state index contributed by atoms with van der Waals surface area (Å²) in [5.41, 5.74) is 2.95. The number of carbonyl (C=O) groups excluding carboxylic acids is 9. The molecule has 0 aliphatic carbocycles. The van der Waals surface area contributed by atoms with E-state index in [2.05, 4.69) is 0 Å². The number of aliphatic hydroxyl groups excluding tert-OH is 24. The second-order valence-corrected chi connectivity index (χ2v) is 35.0. The van der Waals surface area contributed by atoms with Crippen LogP contribution in [-0.4, -0.2) is 448 Å². The van der Waals surface area contributed by atoms with Crippen molar-refractivity contribution in [2.45, 2.75) is 323 Å². The van der Waals surface area contributed by atoms with E-state index in [0.29, 0.717) is 19.3 Å². The van der Waals surface area contributed by atoms with Crippen molar-refractivity contribution in [2.75, 3.05) is 52.9 Å². The lowest BCUT2D eigenvalue weighted by Gasteiger charge is -2.46. The molecule has 3 aromatic carbocycles. The molecule has 0 amide bonds. The van der Waals surface area contributed by atoms with Crippen LogP contribution in [0.1, 0.15) is 112 Å². The topological polar surface area (TPSA) is 806 Å². The number of hydrogen-bond donors (Lipinski definition) is 25. The minimum absolute atomic E-state index is 0.0882. The number of carbonyl (C=O) groups is 10. The molecule has 0 aromatic heterocycles. The number of benzene rings is 3. The van der Waals surface area contributed by atoms with Crippen molar-refractivity contribution in [1.82, 2.24) is 0 Å². The summed E-state index contributed by atoms with van der Waals surface area (Å²) in [6.45, 7) is 9.58. The zero-order valence-electron chi connectivity index (χ0n) is 79.6. The van der Waals surface area contributed by atoms with Gasteiger partial charge in [-0.3, -0.25) is 43.2 Å². The van der Waals surface area contributed by atoms with Gasteiger partial charge in [-0.15, -0.1) is 0 Å². The fraction of sp³-hybridized carbons (Fsp3) is 0.696. The number of carboxylic acids is 1. The number of rotatable bonds is 50. The van der Waals surface area contributed by atoms with Crippen LogP contribution in [0.2, 0.25) is 0 Å². The quantitative estimate of drug-likeness (QED) is 0.0184. The highest BCUT2D eigenvalue weighted by Crippen LogP contribution is 2.38. The number of aliphatic carboxylic acids is 1. The SMILES string of the molecule is CC(=O)OC[C@H]1O[C@@H](O[C@@H]([C@H](OC(C)=O)[C@@H](OC(C)=O)C(=O)C[C@@H](C)Cc2ccccc2)[C@@H](COC(C)=O)OC(C)=O)[C@H](C)[C@@H](C)[C@H]1OC(C)=O.C[C@H](CC(=O)[C@H](O)[C@@H](O)[C@H](O[C@@H]1O[C@H](CO)[C@H](O)[C@H](O)[C@H]1O)[C@H](O)CO)Cc1ccccc1.C[C@H](CC(=O)[C@H](O)[C@@H](O)[C@H](O[C@@H]1O[C@H](CO)[C@H](O)[C@H](O)[C@H]1O)[C@H](O)CO)Cc1ccccc1.O=C(O)[C@H](O)[C@@H](O)[C@H](O[C@@H]1O[C@H](CO)[C@H](O)[C@H](O)[C@H]1O)[C@H](O)CO. The minimum atomic E-state index is -2.39. The van der Waals surface area contributed by atoms with Crippen molar-refractivity contribution in [3.8, 4) is 0 Å².